The second-order valence-corrected chi connectivity index (χ2v) is 7.20. The molecule has 1 heterocycles. The van der Waals surface area contributed by atoms with E-state index in [-0.39, 0.29) is 23.9 Å². The van der Waals surface area contributed by atoms with E-state index in [1.165, 1.54) is 0 Å². The van der Waals surface area contributed by atoms with Crippen LogP contribution < -0.4 is 5.32 Å². The van der Waals surface area contributed by atoms with Gasteiger partial charge in [-0.3, -0.25) is 19.3 Å². The monoisotopic (exact) mass is 411 g/mol. The zero-order chi connectivity index (χ0) is 20.1. The van der Waals surface area contributed by atoms with E-state index in [0.29, 0.717) is 21.7 Å². The number of nitrogens with zero attached hydrogens (tertiary/aromatic N) is 2. The van der Waals surface area contributed by atoms with E-state index in [0.717, 1.165) is 16.7 Å². The second-order valence-electron chi connectivity index (χ2n) is 5.80. The van der Waals surface area contributed by atoms with Crippen molar-refractivity contribution in [2.45, 2.75) is 0 Å². The van der Waals surface area contributed by atoms with Crippen LogP contribution in [0.3, 0.4) is 0 Å². The van der Waals surface area contributed by atoms with Gasteiger partial charge in [-0.1, -0.05) is 29.8 Å². The van der Waals surface area contributed by atoms with Gasteiger partial charge in [0.25, 0.3) is 17.1 Å². The minimum absolute atomic E-state index is 0.0621. The molecule has 28 heavy (non-hydrogen) atoms. The van der Waals surface area contributed by atoms with E-state index in [2.05, 4.69) is 5.32 Å². The summed E-state index contributed by atoms with van der Waals surface area (Å²) in [6.45, 7) is 0.183. The van der Waals surface area contributed by atoms with E-state index < -0.39 is 11.1 Å². The Balaban J connectivity index is 1.59. The number of hydrogen-bond donors (Lipinski definition) is 1. The van der Waals surface area contributed by atoms with E-state index in [9.17, 15) is 14.4 Å². The molecule has 0 unspecified atom stereocenters. The Morgan fingerprint density at radius 3 is 2.57 bits per heavy atom. The lowest BCUT2D eigenvalue weighted by atomic mass is 10.1. The first kappa shape index (κ1) is 19.7. The summed E-state index contributed by atoms with van der Waals surface area (Å²) in [5, 5.41) is 11.5. The largest absolute Gasteiger partial charge is 0.350 e. The third kappa shape index (κ3) is 4.42. The Labute approximate surface area is 170 Å². The molecule has 2 aromatic rings. The van der Waals surface area contributed by atoms with Crippen molar-refractivity contribution in [3.05, 3.63) is 75.1 Å². The zero-order valence-electron chi connectivity index (χ0n) is 14.5. The molecule has 0 aliphatic carbocycles. The number of hydrogen-bond acceptors (Lipinski definition) is 5. The highest BCUT2D eigenvalue weighted by Crippen LogP contribution is 2.33. The fourth-order valence-electron chi connectivity index (χ4n) is 2.51. The molecule has 0 bridgehead atoms. The maximum absolute atomic E-state index is 12.5. The van der Waals surface area contributed by atoms with Gasteiger partial charge in [0.1, 0.15) is 0 Å². The first-order chi connectivity index (χ1) is 13.5. The number of halogens is 1. The highest BCUT2D eigenvalue weighted by atomic mass is 35.5. The van der Waals surface area contributed by atoms with E-state index in [1.807, 2.05) is 6.07 Å². The lowest BCUT2D eigenvalue weighted by molar-refractivity contribution is -0.122. The fraction of sp³-hybridized carbons (Fsp3) is 0.100. The Hall–Kier alpha value is -3.08. The molecule has 1 aliphatic heterocycles. The van der Waals surface area contributed by atoms with E-state index >= 15 is 0 Å². The molecule has 8 heteroatoms. The summed E-state index contributed by atoms with van der Waals surface area (Å²) in [4.78, 5) is 38.1. The summed E-state index contributed by atoms with van der Waals surface area (Å²) in [7, 11) is 0. The van der Waals surface area contributed by atoms with Crippen LogP contribution in [0.2, 0.25) is 5.02 Å². The van der Waals surface area contributed by atoms with Crippen molar-refractivity contribution in [2.75, 3.05) is 13.1 Å². The third-order valence-corrected chi connectivity index (χ3v) is 5.21. The normalized spacial score (nSPS) is 15.0. The lowest BCUT2D eigenvalue weighted by Crippen LogP contribution is -2.37. The summed E-state index contributed by atoms with van der Waals surface area (Å²) < 4.78 is 0. The number of nitriles is 1. The molecular formula is C20H14ClN3O3S. The Morgan fingerprint density at radius 2 is 1.89 bits per heavy atom. The summed E-state index contributed by atoms with van der Waals surface area (Å²) in [6, 6.07) is 15.2. The molecule has 0 spiro atoms. The summed E-state index contributed by atoms with van der Waals surface area (Å²) >= 11 is 6.93. The SMILES string of the molecule is N#Cc1ccc(C(=O)NCCN2C(=O)S/C(=C\c3ccccc3Cl)C2=O)cc1. The predicted molar refractivity (Wildman–Crippen MR) is 108 cm³/mol. The lowest BCUT2D eigenvalue weighted by Gasteiger charge is -2.13. The average molecular weight is 412 g/mol. The Kier molecular flexibility index (Phi) is 6.14. The maximum atomic E-state index is 12.5. The van der Waals surface area contributed by atoms with Crippen LogP contribution >= 0.6 is 23.4 Å². The quantitative estimate of drug-likeness (QED) is 0.758. The minimum Gasteiger partial charge on any atom is -0.350 e. The van der Waals surface area contributed by atoms with Crippen molar-refractivity contribution in [3.63, 3.8) is 0 Å². The van der Waals surface area contributed by atoms with Gasteiger partial charge in [0.05, 0.1) is 16.5 Å². The van der Waals surface area contributed by atoms with Gasteiger partial charge in [-0.25, -0.2) is 0 Å². The highest BCUT2D eigenvalue weighted by Gasteiger charge is 2.34. The molecule has 2 aromatic carbocycles. The van der Waals surface area contributed by atoms with Crippen molar-refractivity contribution in [1.29, 1.82) is 5.26 Å². The Bertz CT molecular complexity index is 1010. The summed E-state index contributed by atoms with van der Waals surface area (Å²) in [6.07, 6.45) is 1.59. The van der Waals surface area contributed by atoms with Crippen molar-refractivity contribution >= 4 is 46.5 Å². The van der Waals surface area contributed by atoms with Crippen LogP contribution in [0.4, 0.5) is 4.79 Å². The molecule has 0 aromatic heterocycles. The van der Waals surface area contributed by atoms with Crippen LogP contribution in [0.1, 0.15) is 21.5 Å². The van der Waals surface area contributed by atoms with Gasteiger partial charge in [0.2, 0.25) is 0 Å². The van der Waals surface area contributed by atoms with Crippen molar-refractivity contribution in [2.24, 2.45) is 0 Å². The number of carbonyl (C=O) groups excluding carboxylic acids is 3. The number of rotatable bonds is 5. The standard InChI is InChI=1S/C20H14ClN3O3S/c21-16-4-2-1-3-15(16)11-17-19(26)24(20(27)28-17)10-9-23-18(25)14-7-5-13(12-22)6-8-14/h1-8,11H,9-10H2,(H,23,25)/b17-11-. The van der Waals surface area contributed by atoms with Gasteiger partial charge >= 0.3 is 0 Å². The molecule has 1 N–H and O–H groups in total. The Morgan fingerprint density at radius 1 is 1.18 bits per heavy atom. The molecule has 140 valence electrons. The number of thioether (sulfide) groups is 1. The molecule has 1 aliphatic rings. The zero-order valence-corrected chi connectivity index (χ0v) is 16.1. The number of nitrogens with one attached hydrogen (secondary N) is 1. The average Bonchev–Trinajstić information content (AvgIpc) is 2.97. The fourth-order valence-corrected chi connectivity index (χ4v) is 3.55. The molecule has 3 amide bonds. The molecule has 0 saturated carbocycles. The minimum atomic E-state index is -0.414. The van der Waals surface area contributed by atoms with Crippen LogP contribution in [-0.2, 0) is 4.79 Å². The van der Waals surface area contributed by atoms with Crippen LogP contribution in [-0.4, -0.2) is 35.0 Å². The number of amides is 3. The van der Waals surface area contributed by atoms with Gasteiger partial charge in [-0.05, 0) is 53.7 Å². The molecule has 3 rings (SSSR count). The number of imide groups is 1. The smallest absolute Gasteiger partial charge is 0.293 e. The van der Waals surface area contributed by atoms with Crippen molar-refractivity contribution in [3.8, 4) is 6.07 Å². The van der Waals surface area contributed by atoms with Gasteiger partial charge < -0.3 is 5.32 Å². The van der Waals surface area contributed by atoms with Crippen LogP contribution in [0.25, 0.3) is 6.08 Å². The first-order valence-electron chi connectivity index (χ1n) is 8.28. The van der Waals surface area contributed by atoms with Crippen molar-refractivity contribution < 1.29 is 14.4 Å². The second kappa shape index (κ2) is 8.74. The van der Waals surface area contributed by atoms with Gasteiger partial charge in [0.15, 0.2) is 0 Å². The van der Waals surface area contributed by atoms with Gasteiger partial charge in [0, 0.05) is 23.7 Å². The predicted octanol–water partition coefficient (Wildman–Crippen LogP) is 3.68. The molecule has 0 radical (unpaired) electrons. The van der Waals surface area contributed by atoms with Crippen LogP contribution in [0.15, 0.2) is 53.4 Å². The van der Waals surface area contributed by atoms with Gasteiger partial charge in [-0.2, -0.15) is 5.26 Å². The first-order valence-corrected chi connectivity index (χ1v) is 9.47. The van der Waals surface area contributed by atoms with Crippen LogP contribution in [0, 0.1) is 11.3 Å². The third-order valence-electron chi connectivity index (χ3n) is 3.96. The molecule has 1 saturated heterocycles. The topological polar surface area (TPSA) is 90.3 Å². The molecular weight excluding hydrogens is 398 g/mol. The number of benzene rings is 2. The highest BCUT2D eigenvalue weighted by molar-refractivity contribution is 8.18. The molecule has 6 nitrogen and oxygen atoms in total. The van der Waals surface area contributed by atoms with E-state index in [4.69, 9.17) is 16.9 Å². The summed E-state index contributed by atoms with van der Waals surface area (Å²) in [5.74, 6) is -0.759. The van der Waals surface area contributed by atoms with E-state index in [1.54, 1.807) is 54.6 Å². The maximum Gasteiger partial charge on any atom is 0.293 e. The number of carbonyl (C=O) groups is 3. The molecule has 1 fully saturated rings. The molecule has 0 atom stereocenters. The summed E-state index contributed by atoms with van der Waals surface area (Å²) in [5.41, 5.74) is 1.51. The van der Waals surface area contributed by atoms with Gasteiger partial charge in [-0.15, -0.1) is 0 Å². The van der Waals surface area contributed by atoms with Crippen LogP contribution in [0.5, 0.6) is 0 Å². The van der Waals surface area contributed by atoms with Crippen molar-refractivity contribution in [1.82, 2.24) is 10.2 Å².